The number of rotatable bonds is 4. The van der Waals surface area contributed by atoms with Gasteiger partial charge >= 0.3 is 6.18 Å². The minimum atomic E-state index is -4.68. The molecule has 0 amide bonds. The summed E-state index contributed by atoms with van der Waals surface area (Å²) in [5, 5.41) is 3.44. The largest absolute Gasteiger partial charge is 0.451 e. The number of nitrogens with zero attached hydrogens (tertiary/aromatic N) is 3. The van der Waals surface area contributed by atoms with Crippen molar-refractivity contribution in [1.29, 1.82) is 0 Å². The van der Waals surface area contributed by atoms with Gasteiger partial charge in [0.25, 0.3) is 0 Å². The standard InChI is InChI=1S/C19H19F3N4O2S2/c1-11-12(2)29-17-15(11)16(24-18(25-17)19(20,21)22)23-13-5-7-14(8-6-13)30(27,28)26-9-3-4-10-26/h5-8H,3-4,9-10H2,1-2H3,(H,23,24,25). The van der Waals surface area contributed by atoms with Crippen molar-refractivity contribution in [2.75, 3.05) is 18.4 Å². The van der Waals surface area contributed by atoms with E-state index in [1.807, 2.05) is 13.8 Å². The number of alkyl halides is 3. The van der Waals surface area contributed by atoms with E-state index >= 15 is 0 Å². The van der Waals surface area contributed by atoms with Crippen molar-refractivity contribution in [2.24, 2.45) is 0 Å². The normalized spacial score (nSPS) is 15.8. The Kier molecular flexibility index (Phi) is 5.23. The fourth-order valence-corrected chi connectivity index (χ4v) is 5.94. The summed E-state index contributed by atoms with van der Waals surface area (Å²) in [7, 11) is -3.56. The zero-order valence-corrected chi connectivity index (χ0v) is 17.9. The van der Waals surface area contributed by atoms with E-state index in [0.717, 1.165) is 23.3 Å². The van der Waals surface area contributed by atoms with Crippen LogP contribution in [0.3, 0.4) is 0 Å². The van der Waals surface area contributed by atoms with Crippen LogP contribution in [0.5, 0.6) is 0 Å². The van der Waals surface area contributed by atoms with Crippen LogP contribution in [0.15, 0.2) is 29.2 Å². The van der Waals surface area contributed by atoms with Crippen LogP contribution in [0.25, 0.3) is 10.2 Å². The minimum absolute atomic E-state index is 0.0457. The highest BCUT2D eigenvalue weighted by Gasteiger charge is 2.36. The summed E-state index contributed by atoms with van der Waals surface area (Å²) in [5.41, 5.74) is 1.24. The molecule has 6 nitrogen and oxygen atoms in total. The summed E-state index contributed by atoms with van der Waals surface area (Å²) in [6.07, 6.45) is -3.00. The van der Waals surface area contributed by atoms with Gasteiger partial charge in [-0.15, -0.1) is 11.3 Å². The van der Waals surface area contributed by atoms with Gasteiger partial charge in [-0.05, 0) is 56.5 Å². The van der Waals surface area contributed by atoms with Gasteiger partial charge in [0.1, 0.15) is 10.6 Å². The summed E-state index contributed by atoms with van der Waals surface area (Å²) in [5.74, 6) is -1.17. The van der Waals surface area contributed by atoms with Crippen molar-refractivity contribution in [3.05, 3.63) is 40.5 Å². The highest BCUT2D eigenvalue weighted by molar-refractivity contribution is 7.89. The topological polar surface area (TPSA) is 75.2 Å². The number of nitrogens with one attached hydrogen (secondary N) is 1. The second-order valence-electron chi connectivity index (χ2n) is 7.12. The van der Waals surface area contributed by atoms with Gasteiger partial charge < -0.3 is 5.32 Å². The van der Waals surface area contributed by atoms with E-state index in [-0.39, 0.29) is 15.5 Å². The molecule has 0 spiro atoms. The molecular weight excluding hydrogens is 437 g/mol. The molecule has 0 radical (unpaired) electrons. The van der Waals surface area contributed by atoms with Crippen LogP contribution in [0, 0.1) is 13.8 Å². The Bertz CT molecular complexity index is 1200. The smallest absolute Gasteiger partial charge is 0.340 e. The third-order valence-corrected chi connectivity index (χ3v) is 8.12. The number of fused-ring (bicyclic) bond motifs is 1. The number of aromatic nitrogens is 2. The molecule has 0 unspecified atom stereocenters. The van der Waals surface area contributed by atoms with E-state index in [2.05, 4.69) is 15.3 Å². The molecule has 0 atom stereocenters. The molecule has 0 bridgehead atoms. The van der Waals surface area contributed by atoms with Gasteiger partial charge in [0.15, 0.2) is 0 Å². The lowest BCUT2D eigenvalue weighted by molar-refractivity contribution is -0.144. The van der Waals surface area contributed by atoms with Gasteiger partial charge in [-0.2, -0.15) is 17.5 Å². The summed E-state index contributed by atoms with van der Waals surface area (Å²) in [4.78, 5) is 8.65. The van der Waals surface area contributed by atoms with E-state index in [1.165, 1.54) is 39.9 Å². The van der Waals surface area contributed by atoms with E-state index in [9.17, 15) is 21.6 Å². The first kappa shape index (κ1) is 21.0. The first-order valence-electron chi connectivity index (χ1n) is 9.29. The maximum atomic E-state index is 13.3. The first-order valence-corrected chi connectivity index (χ1v) is 11.6. The number of halogens is 3. The molecule has 160 valence electrons. The Morgan fingerprint density at radius 2 is 1.70 bits per heavy atom. The van der Waals surface area contributed by atoms with Gasteiger partial charge in [-0.25, -0.2) is 18.4 Å². The zero-order valence-electron chi connectivity index (χ0n) is 16.2. The van der Waals surface area contributed by atoms with Crippen molar-refractivity contribution in [2.45, 2.75) is 37.8 Å². The van der Waals surface area contributed by atoms with Crippen LogP contribution in [0.4, 0.5) is 24.7 Å². The van der Waals surface area contributed by atoms with E-state index in [1.54, 1.807) is 0 Å². The highest BCUT2D eigenvalue weighted by Crippen LogP contribution is 2.37. The molecular formula is C19H19F3N4O2S2. The number of sulfonamides is 1. The second-order valence-corrected chi connectivity index (χ2v) is 10.3. The van der Waals surface area contributed by atoms with Crippen molar-refractivity contribution in [3.63, 3.8) is 0 Å². The van der Waals surface area contributed by atoms with E-state index in [4.69, 9.17) is 0 Å². The number of hydrogen-bond acceptors (Lipinski definition) is 6. The summed E-state index contributed by atoms with van der Waals surface area (Å²) in [6.45, 7) is 4.62. The molecule has 3 heterocycles. The third-order valence-electron chi connectivity index (χ3n) is 5.10. The Morgan fingerprint density at radius 1 is 1.07 bits per heavy atom. The maximum Gasteiger partial charge on any atom is 0.451 e. The van der Waals surface area contributed by atoms with Gasteiger partial charge in [-0.3, -0.25) is 0 Å². The van der Waals surface area contributed by atoms with Crippen LogP contribution in [0.1, 0.15) is 29.1 Å². The fourth-order valence-electron chi connectivity index (χ4n) is 3.39. The van der Waals surface area contributed by atoms with Gasteiger partial charge in [0, 0.05) is 23.7 Å². The average molecular weight is 457 g/mol. The summed E-state index contributed by atoms with van der Waals surface area (Å²) >= 11 is 1.18. The van der Waals surface area contributed by atoms with Crippen LogP contribution >= 0.6 is 11.3 Å². The second kappa shape index (κ2) is 7.47. The molecule has 3 aromatic rings. The van der Waals surface area contributed by atoms with Crippen LogP contribution in [-0.4, -0.2) is 35.8 Å². The van der Waals surface area contributed by atoms with Gasteiger partial charge in [0.05, 0.1) is 10.3 Å². The van der Waals surface area contributed by atoms with Crippen molar-refractivity contribution < 1.29 is 21.6 Å². The molecule has 11 heteroatoms. The SMILES string of the molecule is Cc1sc2nc(C(F)(F)F)nc(Nc3ccc(S(=O)(=O)N4CCCC4)cc3)c2c1C. The minimum Gasteiger partial charge on any atom is -0.340 e. The number of thiophene rings is 1. The third kappa shape index (κ3) is 3.77. The van der Waals surface area contributed by atoms with E-state index in [0.29, 0.717) is 24.2 Å². The van der Waals surface area contributed by atoms with Crippen LogP contribution < -0.4 is 5.32 Å². The predicted octanol–water partition coefficient (Wildman–Crippen LogP) is 4.86. The van der Waals surface area contributed by atoms with E-state index < -0.39 is 22.0 Å². The number of hydrogen-bond donors (Lipinski definition) is 1. The lowest BCUT2D eigenvalue weighted by Gasteiger charge is -2.16. The Morgan fingerprint density at radius 3 is 2.30 bits per heavy atom. The predicted molar refractivity (Wildman–Crippen MR) is 110 cm³/mol. The molecule has 1 fully saturated rings. The van der Waals surface area contributed by atoms with Crippen molar-refractivity contribution in [3.8, 4) is 0 Å². The maximum absolute atomic E-state index is 13.3. The monoisotopic (exact) mass is 456 g/mol. The lowest BCUT2D eigenvalue weighted by Crippen LogP contribution is -2.27. The molecule has 1 saturated heterocycles. The fraction of sp³-hybridized carbons (Fsp3) is 0.368. The first-order chi connectivity index (χ1) is 14.1. The van der Waals surface area contributed by atoms with Crippen LogP contribution in [0.2, 0.25) is 0 Å². The number of anilines is 2. The Hall–Kier alpha value is -2.24. The van der Waals surface area contributed by atoms with Gasteiger partial charge in [0.2, 0.25) is 15.8 Å². The van der Waals surface area contributed by atoms with Crippen molar-refractivity contribution in [1.82, 2.24) is 14.3 Å². The zero-order chi connectivity index (χ0) is 21.7. The summed E-state index contributed by atoms with van der Waals surface area (Å²) < 4.78 is 66.5. The molecule has 1 aromatic carbocycles. The average Bonchev–Trinajstić information content (AvgIpc) is 3.31. The Balaban J connectivity index is 1.70. The summed E-state index contributed by atoms with van der Waals surface area (Å²) in [6, 6.07) is 5.95. The molecule has 1 aliphatic rings. The Labute approximate surface area is 175 Å². The molecule has 30 heavy (non-hydrogen) atoms. The molecule has 0 saturated carbocycles. The molecule has 0 aliphatic carbocycles. The number of aryl methyl sites for hydroxylation is 2. The molecule has 1 N–H and O–H groups in total. The molecule has 4 rings (SSSR count). The lowest BCUT2D eigenvalue weighted by atomic mass is 10.2. The molecule has 1 aliphatic heterocycles. The van der Waals surface area contributed by atoms with Gasteiger partial charge in [-0.1, -0.05) is 0 Å². The quantitative estimate of drug-likeness (QED) is 0.607. The number of benzene rings is 1. The molecule has 2 aromatic heterocycles. The van der Waals surface area contributed by atoms with Crippen molar-refractivity contribution >= 4 is 43.1 Å². The van der Waals surface area contributed by atoms with Crippen LogP contribution in [-0.2, 0) is 16.2 Å². The highest BCUT2D eigenvalue weighted by atomic mass is 32.2.